The summed E-state index contributed by atoms with van der Waals surface area (Å²) in [4.78, 5) is 0. The molecule has 1 aliphatic heterocycles. The Balaban J connectivity index is 2.18. The van der Waals surface area contributed by atoms with E-state index in [9.17, 15) is 0 Å². The number of methoxy groups -OCH3 is 1. The van der Waals surface area contributed by atoms with E-state index in [1.54, 1.807) is 7.11 Å². The molecule has 0 radical (unpaired) electrons. The second-order valence-electron chi connectivity index (χ2n) is 5.38. The highest BCUT2D eigenvalue weighted by Crippen LogP contribution is 2.36. The van der Waals surface area contributed by atoms with E-state index in [-0.39, 0.29) is 11.6 Å². The normalized spacial score (nSPS) is 25.8. The van der Waals surface area contributed by atoms with Crippen LogP contribution in [0, 0.1) is 0 Å². The molecule has 1 unspecified atom stereocenters. The van der Waals surface area contributed by atoms with E-state index in [0.717, 1.165) is 38.0 Å². The van der Waals surface area contributed by atoms with Gasteiger partial charge in [-0.15, -0.1) is 0 Å². The maximum absolute atomic E-state index is 5.90. The third kappa shape index (κ3) is 2.87. The van der Waals surface area contributed by atoms with E-state index in [4.69, 9.17) is 15.3 Å². The van der Waals surface area contributed by atoms with Gasteiger partial charge in [0.1, 0.15) is 11.8 Å². The fourth-order valence-corrected chi connectivity index (χ4v) is 3.21. The highest BCUT2D eigenvalue weighted by atomic mass is 16.5. The van der Waals surface area contributed by atoms with E-state index in [0.29, 0.717) is 0 Å². The van der Waals surface area contributed by atoms with Crippen molar-refractivity contribution in [2.75, 3.05) is 13.7 Å². The SMILES string of the molecule is COC1(C(NN)C2=CCCCO2)CCCCCC1. The minimum atomic E-state index is -0.200. The molecule has 4 heteroatoms. The monoisotopic (exact) mass is 254 g/mol. The predicted octanol–water partition coefficient (Wildman–Crippen LogP) is 2.25. The minimum absolute atomic E-state index is 0.0131. The molecule has 18 heavy (non-hydrogen) atoms. The van der Waals surface area contributed by atoms with Crippen molar-refractivity contribution in [3.05, 3.63) is 11.8 Å². The maximum atomic E-state index is 5.90. The molecule has 0 aromatic carbocycles. The van der Waals surface area contributed by atoms with Crippen molar-refractivity contribution in [1.29, 1.82) is 0 Å². The van der Waals surface area contributed by atoms with Crippen molar-refractivity contribution in [2.45, 2.75) is 63.0 Å². The Labute approximate surface area is 110 Å². The molecule has 0 aromatic heterocycles. The number of hydrazine groups is 1. The van der Waals surface area contributed by atoms with Crippen molar-refractivity contribution >= 4 is 0 Å². The van der Waals surface area contributed by atoms with Crippen molar-refractivity contribution in [2.24, 2.45) is 5.84 Å². The number of ether oxygens (including phenoxy) is 2. The molecule has 2 aliphatic rings. The Bertz CT molecular complexity index is 284. The maximum Gasteiger partial charge on any atom is 0.113 e. The first-order valence-electron chi connectivity index (χ1n) is 7.16. The molecule has 0 bridgehead atoms. The average Bonchev–Trinajstić information content (AvgIpc) is 2.67. The standard InChI is InChI=1S/C14H26N2O2/c1-17-14(9-5-2-3-6-10-14)13(16-15)12-8-4-7-11-18-12/h8,13,16H,2-7,9-11,15H2,1H3. The van der Waals surface area contributed by atoms with Gasteiger partial charge in [0.25, 0.3) is 0 Å². The fourth-order valence-electron chi connectivity index (χ4n) is 3.21. The van der Waals surface area contributed by atoms with Crippen LogP contribution in [-0.4, -0.2) is 25.4 Å². The van der Waals surface area contributed by atoms with Gasteiger partial charge in [-0.05, 0) is 31.8 Å². The van der Waals surface area contributed by atoms with Crippen LogP contribution in [0.1, 0.15) is 51.4 Å². The number of rotatable bonds is 4. The Hall–Kier alpha value is -0.580. The second kappa shape index (κ2) is 6.55. The Morgan fingerprint density at radius 2 is 2.00 bits per heavy atom. The summed E-state index contributed by atoms with van der Waals surface area (Å²) in [6, 6.07) is -0.0131. The van der Waals surface area contributed by atoms with Gasteiger partial charge in [-0.2, -0.15) is 0 Å². The zero-order valence-electron chi connectivity index (χ0n) is 11.4. The largest absolute Gasteiger partial charge is 0.496 e. The van der Waals surface area contributed by atoms with Gasteiger partial charge in [-0.3, -0.25) is 5.84 Å². The molecule has 1 aliphatic carbocycles. The quantitative estimate of drug-likeness (QED) is 0.459. The summed E-state index contributed by atoms with van der Waals surface area (Å²) in [6.45, 7) is 0.795. The first-order chi connectivity index (χ1) is 8.82. The van der Waals surface area contributed by atoms with E-state index < -0.39 is 0 Å². The predicted molar refractivity (Wildman–Crippen MR) is 71.8 cm³/mol. The van der Waals surface area contributed by atoms with Crippen LogP contribution in [0.5, 0.6) is 0 Å². The molecular formula is C14H26N2O2. The van der Waals surface area contributed by atoms with Crippen LogP contribution >= 0.6 is 0 Å². The molecule has 0 amide bonds. The molecule has 0 saturated heterocycles. The lowest BCUT2D eigenvalue weighted by atomic mass is 9.84. The van der Waals surface area contributed by atoms with Gasteiger partial charge in [-0.25, -0.2) is 5.43 Å². The van der Waals surface area contributed by atoms with Gasteiger partial charge in [0.15, 0.2) is 0 Å². The number of nitrogens with two attached hydrogens (primary N) is 1. The molecule has 4 nitrogen and oxygen atoms in total. The van der Waals surface area contributed by atoms with Crippen LogP contribution in [0.3, 0.4) is 0 Å². The van der Waals surface area contributed by atoms with Gasteiger partial charge < -0.3 is 9.47 Å². The summed E-state index contributed by atoms with van der Waals surface area (Å²) < 4.78 is 11.7. The minimum Gasteiger partial charge on any atom is -0.496 e. The lowest BCUT2D eigenvalue weighted by molar-refractivity contribution is -0.0576. The molecular weight excluding hydrogens is 228 g/mol. The number of allylic oxidation sites excluding steroid dienone is 1. The summed E-state index contributed by atoms with van der Waals surface area (Å²) in [5, 5.41) is 0. The van der Waals surface area contributed by atoms with Gasteiger partial charge >= 0.3 is 0 Å². The summed E-state index contributed by atoms with van der Waals surface area (Å²) in [7, 11) is 1.80. The van der Waals surface area contributed by atoms with Crippen molar-refractivity contribution < 1.29 is 9.47 Å². The summed E-state index contributed by atoms with van der Waals surface area (Å²) >= 11 is 0. The topological polar surface area (TPSA) is 56.5 Å². The Morgan fingerprint density at radius 3 is 2.50 bits per heavy atom. The molecule has 1 atom stereocenters. The van der Waals surface area contributed by atoms with Crippen LogP contribution in [-0.2, 0) is 9.47 Å². The van der Waals surface area contributed by atoms with Crippen molar-refractivity contribution in [3.8, 4) is 0 Å². The number of nitrogens with one attached hydrogen (secondary N) is 1. The van der Waals surface area contributed by atoms with E-state index >= 15 is 0 Å². The van der Waals surface area contributed by atoms with E-state index in [2.05, 4.69) is 11.5 Å². The lowest BCUT2D eigenvalue weighted by Crippen LogP contribution is -2.56. The Morgan fingerprint density at radius 1 is 1.28 bits per heavy atom. The number of hydrogen-bond donors (Lipinski definition) is 2. The highest BCUT2D eigenvalue weighted by molar-refractivity contribution is 5.13. The molecule has 0 aromatic rings. The molecule has 3 N–H and O–H groups in total. The van der Waals surface area contributed by atoms with Crippen LogP contribution in [0.2, 0.25) is 0 Å². The van der Waals surface area contributed by atoms with Gasteiger partial charge in [0.2, 0.25) is 0 Å². The van der Waals surface area contributed by atoms with Gasteiger partial charge in [0.05, 0.1) is 12.2 Å². The molecule has 1 heterocycles. The zero-order valence-corrected chi connectivity index (χ0v) is 11.4. The Kier molecular flexibility index (Phi) is 5.03. The van der Waals surface area contributed by atoms with Crippen molar-refractivity contribution in [1.82, 2.24) is 5.43 Å². The van der Waals surface area contributed by atoms with E-state index in [1.807, 2.05) is 0 Å². The first-order valence-corrected chi connectivity index (χ1v) is 7.16. The summed E-state index contributed by atoms with van der Waals surface area (Å²) in [5.41, 5.74) is 2.74. The number of hydrogen-bond acceptors (Lipinski definition) is 4. The third-order valence-electron chi connectivity index (χ3n) is 4.30. The van der Waals surface area contributed by atoms with Gasteiger partial charge in [-0.1, -0.05) is 25.7 Å². The molecule has 104 valence electrons. The van der Waals surface area contributed by atoms with Crippen LogP contribution in [0.25, 0.3) is 0 Å². The van der Waals surface area contributed by atoms with Crippen LogP contribution < -0.4 is 11.3 Å². The smallest absolute Gasteiger partial charge is 0.113 e. The average molecular weight is 254 g/mol. The van der Waals surface area contributed by atoms with Gasteiger partial charge in [0, 0.05) is 7.11 Å². The first kappa shape index (κ1) is 13.8. The zero-order chi connectivity index (χ0) is 12.8. The molecule has 0 spiro atoms. The van der Waals surface area contributed by atoms with E-state index in [1.165, 1.54) is 25.7 Å². The summed E-state index contributed by atoms with van der Waals surface area (Å²) in [6.07, 6.45) is 11.5. The molecule has 1 fully saturated rings. The van der Waals surface area contributed by atoms with Crippen molar-refractivity contribution in [3.63, 3.8) is 0 Å². The second-order valence-corrected chi connectivity index (χ2v) is 5.38. The van der Waals surface area contributed by atoms with Crippen LogP contribution in [0.4, 0.5) is 0 Å². The summed E-state index contributed by atoms with van der Waals surface area (Å²) in [5.74, 6) is 6.77. The lowest BCUT2D eigenvalue weighted by Gasteiger charge is -2.40. The molecule has 2 rings (SSSR count). The van der Waals surface area contributed by atoms with Crippen LogP contribution in [0.15, 0.2) is 11.8 Å². The molecule has 1 saturated carbocycles. The third-order valence-corrected chi connectivity index (χ3v) is 4.30. The fraction of sp³-hybridized carbons (Fsp3) is 0.857. The highest BCUT2D eigenvalue weighted by Gasteiger charge is 2.41.